The highest BCUT2D eigenvalue weighted by Crippen LogP contribution is 2.26. The van der Waals surface area contributed by atoms with Gasteiger partial charge >= 0.3 is 0 Å². The lowest BCUT2D eigenvalue weighted by Crippen LogP contribution is -2.27. The summed E-state index contributed by atoms with van der Waals surface area (Å²) < 4.78 is 0. The Kier molecular flexibility index (Phi) is 3.19. The van der Waals surface area contributed by atoms with Crippen molar-refractivity contribution in [3.8, 4) is 11.4 Å². The molecule has 2 N–H and O–H groups in total. The standard InChI is InChI=1S/C14H17N3O/c1-14(2,3)13(18)17-11-7-5-4-6-10(11)12-15-8-9-16-12/h4-9H,1-3H3,(H,15,16)(H,17,18). The number of aromatic amines is 1. The molecule has 0 saturated heterocycles. The fraction of sp³-hybridized carbons (Fsp3) is 0.286. The number of hydrogen-bond acceptors (Lipinski definition) is 2. The van der Waals surface area contributed by atoms with Gasteiger partial charge in [-0.1, -0.05) is 32.9 Å². The first-order chi connectivity index (χ1) is 8.48. The number of H-pyrrole nitrogens is 1. The van der Waals surface area contributed by atoms with Gasteiger partial charge in [0.2, 0.25) is 5.91 Å². The van der Waals surface area contributed by atoms with Gasteiger partial charge in [-0.25, -0.2) is 4.98 Å². The van der Waals surface area contributed by atoms with Crippen molar-refractivity contribution in [2.75, 3.05) is 5.32 Å². The molecular formula is C14H17N3O. The van der Waals surface area contributed by atoms with E-state index in [1.165, 1.54) is 0 Å². The van der Waals surface area contributed by atoms with Crippen LogP contribution < -0.4 is 5.32 Å². The number of nitrogens with one attached hydrogen (secondary N) is 2. The molecule has 0 aliphatic heterocycles. The smallest absolute Gasteiger partial charge is 0.229 e. The molecule has 1 aromatic carbocycles. The van der Waals surface area contributed by atoms with E-state index in [4.69, 9.17) is 0 Å². The molecule has 1 aromatic heterocycles. The molecule has 0 atom stereocenters. The van der Waals surface area contributed by atoms with Crippen molar-refractivity contribution in [2.45, 2.75) is 20.8 Å². The lowest BCUT2D eigenvalue weighted by Gasteiger charge is -2.18. The van der Waals surface area contributed by atoms with Crippen LogP contribution in [0.4, 0.5) is 5.69 Å². The summed E-state index contributed by atoms with van der Waals surface area (Å²) in [5, 5.41) is 2.94. The predicted molar refractivity (Wildman–Crippen MR) is 72.1 cm³/mol. The van der Waals surface area contributed by atoms with Crippen LogP contribution in [-0.4, -0.2) is 15.9 Å². The average Bonchev–Trinajstić information content (AvgIpc) is 2.82. The zero-order valence-electron chi connectivity index (χ0n) is 10.8. The lowest BCUT2D eigenvalue weighted by molar-refractivity contribution is -0.123. The third kappa shape index (κ3) is 2.59. The Morgan fingerprint density at radius 2 is 2.00 bits per heavy atom. The van der Waals surface area contributed by atoms with E-state index in [2.05, 4.69) is 15.3 Å². The van der Waals surface area contributed by atoms with Crippen LogP contribution in [0.5, 0.6) is 0 Å². The molecule has 4 heteroatoms. The largest absolute Gasteiger partial charge is 0.345 e. The molecule has 0 unspecified atom stereocenters. The summed E-state index contributed by atoms with van der Waals surface area (Å²) in [6.45, 7) is 5.66. The summed E-state index contributed by atoms with van der Waals surface area (Å²) in [4.78, 5) is 19.3. The number of imidazole rings is 1. The van der Waals surface area contributed by atoms with Crippen molar-refractivity contribution < 1.29 is 4.79 Å². The zero-order valence-corrected chi connectivity index (χ0v) is 10.8. The van der Waals surface area contributed by atoms with Crippen molar-refractivity contribution in [2.24, 2.45) is 5.41 Å². The summed E-state index contributed by atoms with van der Waals surface area (Å²) in [5.41, 5.74) is 1.24. The number of carbonyl (C=O) groups excluding carboxylic acids is 1. The molecule has 0 aliphatic rings. The minimum absolute atomic E-state index is 0.0125. The molecule has 2 aromatic rings. The van der Waals surface area contributed by atoms with E-state index >= 15 is 0 Å². The second kappa shape index (κ2) is 4.64. The number of para-hydroxylation sites is 1. The van der Waals surface area contributed by atoms with Crippen LogP contribution in [0.2, 0.25) is 0 Å². The topological polar surface area (TPSA) is 57.8 Å². The van der Waals surface area contributed by atoms with Crippen molar-refractivity contribution in [3.63, 3.8) is 0 Å². The van der Waals surface area contributed by atoms with Gasteiger partial charge in [-0.3, -0.25) is 4.79 Å². The lowest BCUT2D eigenvalue weighted by atomic mass is 9.95. The van der Waals surface area contributed by atoms with E-state index in [0.29, 0.717) is 0 Å². The number of aromatic nitrogens is 2. The maximum Gasteiger partial charge on any atom is 0.229 e. The van der Waals surface area contributed by atoms with E-state index in [0.717, 1.165) is 17.1 Å². The molecule has 0 bridgehead atoms. The molecule has 94 valence electrons. The molecule has 0 fully saturated rings. The number of benzene rings is 1. The summed E-state index contributed by atoms with van der Waals surface area (Å²) in [6, 6.07) is 7.62. The quantitative estimate of drug-likeness (QED) is 0.851. The van der Waals surface area contributed by atoms with Gasteiger partial charge in [0, 0.05) is 23.4 Å². The van der Waals surface area contributed by atoms with Crippen LogP contribution in [0.1, 0.15) is 20.8 Å². The van der Waals surface area contributed by atoms with Gasteiger partial charge in [-0.05, 0) is 12.1 Å². The Balaban J connectivity index is 2.32. The molecule has 0 spiro atoms. The minimum Gasteiger partial charge on any atom is -0.345 e. The third-order valence-corrected chi connectivity index (χ3v) is 2.61. The van der Waals surface area contributed by atoms with Crippen molar-refractivity contribution in [1.82, 2.24) is 9.97 Å². The summed E-state index contributed by atoms with van der Waals surface area (Å²) in [5.74, 6) is 0.737. The van der Waals surface area contributed by atoms with E-state index in [1.807, 2.05) is 45.0 Å². The molecule has 1 amide bonds. The molecule has 1 heterocycles. The number of hydrogen-bond donors (Lipinski definition) is 2. The Hall–Kier alpha value is -2.10. The molecule has 0 radical (unpaired) electrons. The monoisotopic (exact) mass is 243 g/mol. The van der Waals surface area contributed by atoms with E-state index in [1.54, 1.807) is 12.4 Å². The number of rotatable bonds is 2. The fourth-order valence-corrected chi connectivity index (χ4v) is 1.52. The third-order valence-electron chi connectivity index (χ3n) is 2.61. The second-order valence-electron chi connectivity index (χ2n) is 5.19. The van der Waals surface area contributed by atoms with Crippen LogP contribution in [0, 0.1) is 5.41 Å². The first-order valence-electron chi connectivity index (χ1n) is 5.89. The van der Waals surface area contributed by atoms with Crippen molar-refractivity contribution in [3.05, 3.63) is 36.7 Å². The van der Waals surface area contributed by atoms with Gasteiger partial charge in [0.1, 0.15) is 5.82 Å². The van der Waals surface area contributed by atoms with Crippen LogP contribution in [0.15, 0.2) is 36.7 Å². The number of anilines is 1. The van der Waals surface area contributed by atoms with Crippen LogP contribution >= 0.6 is 0 Å². The molecule has 0 saturated carbocycles. The zero-order chi connectivity index (χ0) is 13.2. The maximum absolute atomic E-state index is 12.0. The highest BCUT2D eigenvalue weighted by molar-refractivity contribution is 5.97. The molecule has 4 nitrogen and oxygen atoms in total. The molecule has 18 heavy (non-hydrogen) atoms. The highest BCUT2D eigenvalue weighted by Gasteiger charge is 2.22. The maximum atomic E-state index is 12.0. The van der Waals surface area contributed by atoms with E-state index in [9.17, 15) is 4.79 Å². The number of amides is 1. The van der Waals surface area contributed by atoms with Gasteiger partial charge < -0.3 is 10.3 Å². The summed E-state index contributed by atoms with van der Waals surface area (Å²) in [6.07, 6.45) is 3.45. The average molecular weight is 243 g/mol. The van der Waals surface area contributed by atoms with Gasteiger partial charge in [-0.15, -0.1) is 0 Å². The van der Waals surface area contributed by atoms with Crippen LogP contribution in [-0.2, 0) is 4.79 Å². The van der Waals surface area contributed by atoms with Gasteiger partial charge in [-0.2, -0.15) is 0 Å². The summed E-state index contributed by atoms with van der Waals surface area (Å²) in [7, 11) is 0. The summed E-state index contributed by atoms with van der Waals surface area (Å²) >= 11 is 0. The highest BCUT2D eigenvalue weighted by atomic mass is 16.2. The Labute approximate surface area is 106 Å². The van der Waals surface area contributed by atoms with E-state index < -0.39 is 5.41 Å². The molecule has 0 aliphatic carbocycles. The first kappa shape index (κ1) is 12.4. The second-order valence-corrected chi connectivity index (χ2v) is 5.19. The minimum atomic E-state index is -0.420. The number of nitrogens with zero attached hydrogens (tertiary/aromatic N) is 1. The van der Waals surface area contributed by atoms with E-state index in [-0.39, 0.29) is 5.91 Å². The molecular weight excluding hydrogens is 226 g/mol. The fourth-order valence-electron chi connectivity index (χ4n) is 1.52. The van der Waals surface area contributed by atoms with Gasteiger partial charge in [0.15, 0.2) is 0 Å². The van der Waals surface area contributed by atoms with Crippen molar-refractivity contribution in [1.29, 1.82) is 0 Å². The van der Waals surface area contributed by atoms with Crippen LogP contribution in [0.25, 0.3) is 11.4 Å². The SMILES string of the molecule is CC(C)(C)C(=O)Nc1ccccc1-c1ncc[nH]1. The first-order valence-corrected chi connectivity index (χ1v) is 5.89. The van der Waals surface area contributed by atoms with Crippen molar-refractivity contribution >= 4 is 11.6 Å². The predicted octanol–water partition coefficient (Wildman–Crippen LogP) is 3.06. The normalized spacial score (nSPS) is 11.3. The van der Waals surface area contributed by atoms with Gasteiger partial charge in [0.05, 0.1) is 5.69 Å². The number of carbonyl (C=O) groups is 1. The van der Waals surface area contributed by atoms with Crippen LogP contribution in [0.3, 0.4) is 0 Å². The Morgan fingerprint density at radius 3 is 2.61 bits per heavy atom. The Morgan fingerprint density at radius 1 is 1.28 bits per heavy atom. The van der Waals surface area contributed by atoms with Gasteiger partial charge in [0.25, 0.3) is 0 Å². The Bertz CT molecular complexity index is 538. The molecule has 2 rings (SSSR count).